The number of imidazole rings is 1. The molecule has 7 nitrogen and oxygen atoms in total. The van der Waals surface area contributed by atoms with Gasteiger partial charge in [0.15, 0.2) is 5.43 Å². The van der Waals surface area contributed by atoms with Gasteiger partial charge in [0.1, 0.15) is 31.7 Å². The van der Waals surface area contributed by atoms with Crippen molar-refractivity contribution in [1.29, 1.82) is 0 Å². The Bertz CT molecular complexity index is 1200. The second-order valence-electron chi connectivity index (χ2n) is 7.23. The fourth-order valence-electron chi connectivity index (χ4n) is 3.85. The maximum absolute atomic E-state index is 13.2. The fraction of sp³-hybridized carbons (Fsp3) is 0.333. The predicted octanol–water partition coefficient (Wildman–Crippen LogP) is 3.19. The molecule has 0 aliphatic heterocycles. The van der Waals surface area contributed by atoms with E-state index in [0.29, 0.717) is 37.0 Å². The lowest BCUT2D eigenvalue weighted by Gasteiger charge is -2.27. The molecule has 0 aliphatic carbocycles. The third kappa shape index (κ3) is 2.93. The Hall–Kier alpha value is -2.90. The van der Waals surface area contributed by atoms with Crippen LogP contribution in [-0.2, 0) is 0 Å². The molecule has 0 bridgehead atoms. The largest absolute Gasteiger partial charge is 0.508 e. The lowest BCUT2D eigenvalue weighted by molar-refractivity contribution is -1.10. The Kier molecular flexibility index (Phi) is 4.56. The van der Waals surface area contributed by atoms with Crippen molar-refractivity contribution >= 4 is 33.0 Å². The number of nitrogens with zero attached hydrogens (tertiary/aromatic N) is 3. The molecule has 0 unspecified atom stereocenters. The van der Waals surface area contributed by atoms with Gasteiger partial charge in [0, 0.05) is 18.7 Å². The number of anilines is 1. The molecule has 0 amide bonds. The standard InChI is InChI=1S/C21H24N4O3/c1-3-25(28,4-2)11-5-10-22-16-7-8-17-20-19(16)21(27)15-12-14(26)6-9-18(15)24(20)13-23-17/h6-9,12-13,28H,3-5,10-11H2,1-2H3,(H-,22,26,27)/p+1. The number of phenolic OH excluding ortho intramolecular Hbond substituents is 1. The minimum atomic E-state index is -0.124. The second-order valence-corrected chi connectivity index (χ2v) is 7.23. The quantitative estimate of drug-likeness (QED) is 0.198. The van der Waals surface area contributed by atoms with Crippen molar-refractivity contribution < 1.29 is 15.0 Å². The molecule has 2 aromatic carbocycles. The van der Waals surface area contributed by atoms with Crippen molar-refractivity contribution in [2.45, 2.75) is 20.3 Å². The number of rotatable bonds is 7. The Balaban J connectivity index is 1.74. The van der Waals surface area contributed by atoms with E-state index in [0.717, 1.165) is 28.7 Å². The Morgan fingerprint density at radius 2 is 1.96 bits per heavy atom. The first kappa shape index (κ1) is 18.5. The zero-order chi connectivity index (χ0) is 19.9. The first-order valence-corrected chi connectivity index (χ1v) is 9.68. The summed E-state index contributed by atoms with van der Waals surface area (Å²) >= 11 is 0. The monoisotopic (exact) mass is 381 g/mol. The van der Waals surface area contributed by atoms with E-state index in [9.17, 15) is 15.1 Å². The van der Waals surface area contributed by atoms with Gasteiger partial charge < -0.3 is 10.4 Å². The van der Waals surface area contributed by atoms with Crippen LogP contribution in [0.5, 0.6) is 5.75 Å². The summed E-state index contributed by atoms with van der Waals surface area (Å²) in [6.45, 7) is 6.59. The first-order chi connectivity index (χ1) is 13.5. The molecule has 0 saturated heterocycles. The molecule has 7 heteroatoms. The van der Waals surface area contributed by atoms with E-state index in [-0.39, 0.29) is 15.8 Å². The van der Waals surface area contributed by atoms with Crippen molar-refractivity contribution in [2.24, 2.45) is 0 Å². The van der Waals surface area contributed by atoms with Crippen LogP contribution in [0.25, 0.3) is 27.3 Å². The fourth-order valence-corrected chi connectivity index (χ4v) is 3.85. The van der Waals surface area contributed by atoms with Crippen LogP contribution in [0.4, 0.5) is 5.69 Å². The highest BCUT2D eigenvalue weighted by Gasteiger charge is 2.20. The highest BCUT2D eigenvalue weighted by atomic mass is 16.5. The second kappa shape index (κ2) is 6.92. The lowest BCUT2D eigenvalue weighted by atomic mass is 10.1. The molecule has 0 saturated carbocycles. The molecule has 146 valence electrons. The number of phenols is 1. The summed E-state index contributed by atoms with van der Waals surface area (Å²) in [4.78, 5) is 17.6. The summed E-state index contributed by atoms with van der Waals surface area (Å²) in [5, 5.41) is 24.6. The third-order valence-corrected chi connectivity index (χ3v) is 5.67. The summed E-state index contributed by atoms with van der Waals surface area (Å²) < 4.78 is 1.95. The summed E-state index contributed by atoms with van der Waals surface area (Å²) in [5.41, 5.74) is 2.89. The van der Waals surface area contributed by atoms with Crippen LogP contribution in [0.1, 0.15) is 20.3 Å². The zero-order valence-electron chi connectivity index (χ0n) is 16.1. The number of aromatic hydroxyl groups is 1. The van der Waals surface area contributed by atoms with Crippen LogP contribution in [0, 0.1) is 0 Å². The molecule has 0 radical (unpaired) electrons. The van der Waals surface area contributed by atoms with Crippen molar-refractivity contribution in [2.75, 3.05) is 31.5 Å². The highest BCUT2D eigenvalue weighted by molar-refractivity contribution is 6.07. The van der Waals surface area contributed by atoms with E-state index < -0.39 is 0 Å². The van der Waals surface area contributed by atoms with E-state index >= 15 is 0 Å². The summed E-state index contributed by atoms with van der Waals surface area (Å²) in [7, 11) is 0. The van der Waals surface area contributed by atoms with Crippen molar-refractivity contribution in [3.63, 3.8) is 0 Å². The van der Waals surface area contributed by atoms with E-state index in [4.69, 9.17) is 0 Å². The Morgan fingerprint density at radius 1 is 1.18 bits per heavy atom. The summed E-state index contributed by atoms with van der Waals surface area (Å²) in [6.07, 6.45) is 2.49. The SMILES string of the molecule is CC[N+](O)(CC)CCCNc1ccc2ncn3c4ccc(O)cc4c(=O)c1c23. The van der Waals surface area contributed by atoms with Crippen LogP contribution in [0.3, 0.4) is 0 Å². The van der Waals surface area contributed by atoms with Gasteiger partial charge >= 0.3 is 0 Å². The minimum Gasteiger partial charge on any atom is -0.508 e. The van der Waals surface area contributed by atoms with Gasteiger partial charge in [0.2, 0.25) is 0 Å². The predicted molar refractivity (Wildman–Crippen MR) is 110 cm³/mol. The maximum atomic E-state index is 13.2. The molecule has 4 aromatic rings. The van der Waals surface area contributed by atoms with E-state index in [1.165, 1.54) is 6.07 Å². The summed E-state index contributed by atoms with van der Waals surface area (Å²) in [5.74, 6) is 0.0635. The molecule has 0 aliphatic rings. The number of nitrogens with one attached hydrogen (secondary N) is 1. The van der Waals surface area contributed by atoms with E-state index in [1.807, 2.05) is 30.4 Å². The van der Waals surface area contributed by atoms with Crippen LogP contribution >= 0.6 is 0 Å². The van der Waals surface area contributed by atoms with E-state index in [1.54, 1.807) is 18.5 Å². The highest BCUT2D eigenvalue weighted by Crippen LogP contribution is 2.29. The molecule has 28 heavy (non-hydrogen) atoms. The molecular weight excluding hydrogens is 356 g/mol. The van der Waals surface area contributed by atoms with Gasteiger partial charge in [-0.3, -0.25) is 9.20 Å². The van der Waals surface area contributed by atoms with Gasteiger partial charge in [-0.1, -0.05) is 0 Å². The average Bonchev–Trinajstić information content (AvgIpc) is 3.14. The van der Waals surface area contributed by atoms with Gasteiger partial charge in [0.05, 0.1) is 27.3 Å². The van der Waals surface area contributed by atoms with Gasteiger partial charge in [0.25, 0.3) is 0 Å². The average molecular weight is 381 g/mol. The zero-order valence-corrected chi connectivity index (χ0v) is 16.1. The van der Waals surface area contributed by atoms with Crippen LogP contribution in [0.2, 0.25) is 0 Å². The van der Waals surface area contributed by atoms with Crippen LogP contribution < -0.4 is 10.7 Å². The molecule has 3 N–H and O–H groups in total. The normalized spacial score (nSPS) is 12.4. The van der Waals surface area contributed by atoms with Gasteiger partial charge in [-0.15, -0.1) is 0 Å². The maximum Gasteiger partial charge on any atom is 0.199 e. The number of hydrogen-bond acceptors (Lipinski definition) is 5. The molecule has 0 spiro atoms. The smallest absolute Gasteiger partial charge is 0.199 e. The molecule has 0 atom stereocenters. The van der Waals surface area contributed by atoms with Gasteiger partial charge in [-0.05, 0) is 44.2 Å². The number of benzene rings is 2. The molecule has 4 rings (SSSR count). The van der Waals surface area contributed by atoms with Crippen LogP contribution in [-0.4, -0.2) is 50.5 Å². The number of pyridine rings is 1. The van der Waals surface area contributed by atoms with Crippen LogP contribution in [0.15, 0.2) is 41.5 Å². The topological polar surface area (TPSA) is 86.9 Å². The summed E-state index contributed by atoms with van der Waals surface area (Å²) in [6, 6.07) is 8.60. The minimum absolute atomic E-state index is 0.0475. The van der Waals surface area contributed by atoms with Crippen molar-refractivity contribution in [1.82, 2.24) is 9.38 Å². The molecular formula is C21H25N4O3+. The number of hydroxylamine groups is 3. The van der Waals surface area contributed by atoms with Gasteiger partial charge in [-0.25, -0.2) is 10.2 Å². The number of quaternary nitrogens is 1. The first-order valence-electron chi connectivity index (χ1n) is 9.68. The number of hydrogen-bond donors (Lipinski definition) is 3. The van der Waals surface area contributed by atoms with Crippen molar-refractivity contribution in [3.8, 4) is 5.75 Å². The number of aromatic nitrogens is 2. The van der Waals surface area contributed by atoms with Gasteiger partial charge in [-0.2, -0.15) is 4.65 Å². The third-order valence-electron chi connectivity index (χ3n) is 5.67. The van der Waals surface area contributed by atoms with E-state index in [2.05, 4.69) is 10.3 Å². The molecule has 2 heterocycles. The molecule has 0 fully saturated rings. The van der Waals surface area contributed by atoms with Crippen molar-refractivity contribution in [3.05, 3.63) is 46.9 Å². The molecule has 2 aromatic heterocycles. The number of fused-ring (bicyclic) bond motifs is 2. The Morgan fingerprint density at radius 3 is 2.71 bits per heavy atom. The lowest BCUT2D eigenvalue weighted by Crippen LogP contribution is -2.45. The Labute approximate surface area is 162 Å².